The van der Waals surface area contributed by atoms with Crippen molar-refractivity contribution in [3.8, 4) is 0 Å². The molecule has 2 unspecified atom stereocenters. The molecule has 0 saturated heterocycles. The van der Waals surface area contributed by atoms with Gasteiger partial charge in [0.25, 0.3) is 0 Å². The molecule has 3 nitrogen and oxygen atoms in total. The zero-order valence-electron chi connectivity index (χ0n) is 10.2. The number of hydrogen-bond acceptors (Lipinski definition) is 3. The third kappa shape index (κ3) is 3.16. The van der Waals surface area contributed by atoms with Crippen LogP contribution < -0.4 is 0 Å². The maximum absolute atomic E-state index is 10.1. The average molecular weight is 215 g/mol. The molecule has 0 aromatic heterocycles. The Morgan fingerprint density at radius 1 is 1.20 bits per heavy atom. The van der Waals surface area contributed by atoms with Crippen molar-refractivity contribution in [1.82, 2.24) is 4.90 Å². The van der Waals surface area contributed by atoms with E-state index in [1.54, 1.807) is 0 Å². The van der Waals surface area contributed by atoms with Gasteiger partial charge in [-0.2, -0.15) is 0 Å². The second kappa shape index (κ2) is 5.28. The van der Waals surface area contributed by atoms with E-state index in [9.17, 15) is 10.2 Å². The molecular formula is C12H25NO2. The molecule has 1 saturated carbocycles. The smallest absolute Gasteiger partial charge is 0.0695 e. The lowest BCUT2D eigenvalue weighted by Crippen LogP contribution is -2.53. The predicted molar refractivity (Wildman–Crippen MR) is 61.8 cm³/mol. The van der Waals surface area contributed by atoms with Crippen LogP contribution in [0.25, 0.3) is 0 Å². The van der Waals surface area contributed by atoms with Gasteiger partial charge in [0, 0.05) is 11.6 Å². The van der Waals surface area contributed by atoms with E-state index < -0.39 is 0 Å². The molecule has 0 amide bonds. The zero-order valence-corrected chi connectivity index (χ0v) is 10.2. The lowest BCUT2D eigenvalue weighted by atomic mass is 9.97. The molecule has 0 bridgehead atoms. The number of aliphatic hydroxyl groups excluding tert-OH is 2. The Hall–Kier alpha value is -0.120. The molecule has 1 rings (SSSR count). The van der Waals surface area contributed by atoms with Gasteiger partial charge in [-0.15, -0.1) is 0 Å². The highest BCUT2D eigenvalue weighted by molar-refractivity contribution is 4.88. The molecule has 0 radical (unpaired) electrons. The van der Waals surface area contributed by atoms with Gasteiger partial charge in [0.2, 0.25) is 0 Å². The van der Waals surface area contributed by atoms with Gasteiger partial charge in [0.1, 0.15) is 0 Å². The van der Waals surface area contributed by atoms with Crippen molar-refractivity contribution in [2.24, 2.45) is 0 Å². The van der Waals surface area contributed by atoms with Gasteiger partial charge in [-0.3, -0.25) is 4.90 Å². The second-order valence-electron chi connectivity index (χ2n) is 5.35. The van der Waals surface area contributed by atoms with Gasteiger partial charge in [-0.1, -0.05) is 19.3 Å². The Bertz CT molecular complexity index is 194. The van der Waals surface area contributed by atoms with Crippen LogP contribution in [0, 0.1) is 0 Å². The first-order chi connectivity index (χ1) is 6.99. The highest BCUT2D eigenvalue weighted by Gasteiger charge is 2.33. The Balaban J connectivity index is 2.67. The summed E-state index contributed by atoms with van der Waals surface area (Å²) in [5, 5.41) is 19.4. The Labute approximate surface area is 93.1 Å². The van der Waals surface area contributed by atoms with Crippen molar-refractivity contribution >= 4 is 0 Å². The van der Waals surface area contributed by atoms with E-state index in [2.05, 4.69) is 4.90 Å². The minimum absolute atomic E-state index is 0.132. The molecule has 2 N–H and O–H groups in total. The third-order valence-corrected chi connectivity index (χ3v) is 3.78. The van der Waals surface area contributed by atoms with Crippen molar-refractivity contribution in [2.45, 2.75) is 63.6 Å². The van der Waals surface area contributed by atoms with Crippen LogP contribution in [0.2, 0.25) is 0 Å². The summed E-state index contributed by atoms with van der Waals surface area (Å²) in [4.78, 5) is 2.14. The van der Waals surface area contributed by atoms with Crippen LogP contribution >= 0.6 is 0 Å². The Kier molecular flexibility index (Phi) is 4.56. The SMILES string of the molecule is CN(C1CCCCCC1O)C(C)(C)CO. The molecule has 15 heavy (non-hydrogen) atoms. The summed E-state index contributed by atoms with van der Waals surface area (Å²) in [6.07, 6.45) is 5.25. The van der Waals surface area contributed by atoms with Gasteiger partial charge in [0.05, 0.1) is 12.7 Å². The molecule has 2 atom stereocenters. The first-order valence-corrected chi connectivity index (χ1v) is 6.01. The van der Waals surface area contributed by atoms with Crippen LogP contribution in [0.1, 0.15) is 46.0 Å². The standard InChI is InChI=1S/C12H25NO2/c1-12(2,9-14)13(3)10-7-5-4-6-8-11(10)15/h10-11,14-15H,4-9H2,1-3H3. The molecule has 1 aliphatic carbocycles. The van der Waals surface area contributed by atoms with Crippen LogP contribution in [0.5, 0.6) is 0 Å². The van der Waals surface area contributed by atoms with Crippen LogP contribution in [0.3, 0.4) is 0 Å². The fourth-order valence-corrected chi connectivity index (χ4v) is 2.28. The van der Waals surface area contributed by atoms with Crippen molar-refractivity contribution in [3.63, 3.8) is 0 Å². The molecule has 1 aliphatic rings. The summed E-state index contributed by atoms with van der Waals surface area (Å²) in [6.45, 7) is 4.17. The highest BCUT2D eigenvalue weighted by Crippen LogP contribution is 2.26. The summed E-state index contributed by atoms with van der Waals surface area (Å²) >= 11 is 0. The van der Waals surface area contributed by atoms with Crippen LogP contribution in [0.15, 0.2) is 0 Å². The van der Waals surface area contributed by atoms with E-state index in [4.69, 9.17) is 0 Å². The molecule has 0 aliphatic heterocycles. The monoisotopic (exact) mass is 215 g/mol. The van der Waals surface area contributed by atoms with E-state index in [1.807, 2.05) is 20.9 Å². The summed E-state index contributed by atoms with van der Waals surface area (Å²) < 4.78 is 0. The molecular weight excluding hydrogens is 190 g/mol. The van der Waals surface area contributed by atoms with Crippen molar-refractivity contribution < 1.29 is 10.2 Å². The number of hydrogen-bond donors (Lipinski definition) is 2. The van der Waals surface area contributed by atoms with Crippen LogP contribution in [-0.2, 0) is 0 Å². The minimum atomic E-state index is -0.240. The Morgan fingerprint density at radius 2 is 1.80 bits per heavy atom. The maximum atomic E-state index is 10.1. The van der Waals surface area contributed by atoms with Crippen LogP contribution in [-0.4, -0.2) is 46.5 Å². The van der Waals surface area contributed by atoms with Gasteiger partial charge in [-0.05, 0) is 33.7 Å². The largest absolute Gasteiger partial charge is 0.394 e. The topological polar surface area (TPSA) is 43.7 Å². The van der Waals surface area contributed by atoms with Gasteiger partial charge in [-0.25, -0.2) is 0 Å². The molecule has 90 valence electrons. The quantitative estimate of drug-likeness (QED) is 0.699. The summed E-state index contributed by atoms with van der Waals surface area (Å²) in [6, 6.07) is 0.203. The maximum Gasteiger partial charge on any atom is 0.0695 e. The van der Waals surface area contributed by atoms with Gasteiger partial charge >= 0.3 is 0 Å². The fourth-order valence-electron chi connectivity index (χ4n) is 2.28. The number of nitrogens with zero attached hydrogens (tertiary/aromatic N) is 1. The second-order valence-corrected chi connectivity index (χ2v) is 5.35. The number of rotatable bonds is 3. The normalized spacial score (nSPS) is 29.2. The van der Waals surface area contributed by atoms with Crippen molar-refractivity contribution in [3.05, 3.63) is 0 Å². The van der Waals surface area contributed by atoms with E-state index in [0.29, 0.717) is 0 Å². The summed E-state index contributed by atoms with van der Waals surface area (Å²) in [7, 11) is 2.01. The molecule has 1 fully saturated rings. The van der Waals surface area contributed by atoms with E-state index in [0.717, 1.165) is 19.3 Å². The first-order valence-electron chi connectivity index (χ1n) is 6.01. The lowest BCUT2D eigenvalue weighted by Gasteiger charge is -2.41. The number of aliphatic hydroxyl groups is 2. The number of likely N-dealkylation sites (N-methyl/N-ethyl adjacent to an activating group) is 1. The van der Waals surface area contributed by atoms with Gasteiger partial charge < -0.3 is 10.2 Å². The predicted octanol–water partition coefficient (Wildman–Crippen LogP) is 1.38. The molecule has 3 heteroatoms. The lowest BCUT2D eigenvalue weighted by molar-refractivity contribution is -0.0155. The van der Waals surface area contributed by atoms with Gasteiger partial charge in [0.15, 0.2) is 0 Å². The third-order valence-electron chi connectivity index (χ3n) is 3.78. The molecule has 0 aromatic carbocycles. The Morgan fingerprint density at radius 3 is 2.40 bits per heavy atom. The van der Waals surface area contributed by atoms with E-state index in [-0.39, 0.29) is 24.3 Å². The fraction of sp³-hybridized carbons (Fsp3) is 1.00. The zero-order chi connectivity index (χ0) is 11.5. The summed E-state index contributed by atoms with van der Waals surface area (Å²) in [5.74, 6) is 0. The van der Waals surface area contributed by atoms with Crippen LogP contribution in [0.4, 0.5) is 0 Å². The molecule has 0 spiro atoms. The molecule has 0 aromatic rings. The van der Waals surface area contributed by atoms with E-state index >= 15 is 0 Å². The highest BCUT2D eigenvalue weighted by atomic mass is 16.3. The molecule has 0 heterocycles. The van der Waals surface area contributed by atoms with E-state index in [1.165, 1.54) is 12.8 Å². The minimum Gasteiger partial charge on any atom is -0.394 e. The van der Waals surface area contributed by atoms with Crippen molar-refractivity contribution in [2.75, 3.05) is 13.7 Å². The first kappa shape index (κ1) is 12.9. The van der Waals surface area contributed by atoms with Crippen molar-refractivity contribution in [1.29, 1.82) is 0 Å². The average Bonchev–Trinajstić information content (AvgIpc) is 2.41. The summed E-state index contributed by atoms with van der Waals surface area (Å²) in [5.41, 5.74) is -0.240.